The Balaban J connectivity index is 0.00000220. The van der Waals surface area contributed by atoms with Gasteiger partial charge in [0.25, 0.3) is 0 Å². The molecule has 2 unspecified atom stereocenters. The highest BCUT2D eigenvalue weighted by atomic mass is 127. The molecule has 0 amide bonds. The van der Waals surface area contributed by atoms with Crippen LogP contribution in [0.1, 0.15) is 25.7 Å². The summed E-state index contributed by atoms with van der Waals surface area (Å²) in [5, 5.41) is 11.9. The fourth-order valence-electron chi connectivity index (χ4n) is 2.55. The summed E-state index contributed by atoms with van der Waals surface area (Å²) in [6, 6.07) is 2.53. The zero-order chi connectivity index (χ0) is 14.2. The van der Waals surface area contributed by atoms with Crippen molar-refractivity contribution in [2.24, 2.45) is 4.99 Å². The third-order valence-corrected chi connectivity index (χ3v) is 4.79. The molecule has 2 rings (SSSR count). The van der Waals surface area contributed by atoms with Crippen molar-refractivity contribution in [3.8, 4) is 0 Å². The Morgan fingerprint density at radius 1 is 1.48 bits per heavy atom. The summed E-state index contributed by atoms with van der Waals surface area (Å²) in [4.78, 5) is 4.30. The fraction of sp³-hybridized carbons (Fsp3) is 0.714. The zero-order valence-electron chi connectivity index (χ0n) is 12.8. The average Bonchev–Trinajstić information content (AvgIpc) is 3.13. The van der Waals surface area contributed by atoms with Gasteiger partial charge in [-0.3, -0.25) is 9.67 Å². The molecule has 1 aliphatic rings. The summed E-state index contributed by atoms with van der Waals surface area (Å²) in [6.07, 6.45) is 10.9. The molecule has 120 valence electrons. The molecular weight excluding hydrogens is 397 g/mol. The molecular formula is C14H26IN5S. The van der Waals surface area contributed by atoms with E-state index in [1.54, 1.807) is 0 Å². The van der Waals surface area contributed by atoms with Crippen LogP contribution in [0, 0.1) is 0 Å². The minimum Gasteiger partial charge on any atom is -0.356 e. The van der Waals surface area contributed by atoms with Crippen molar-refractivity contribution in [3.63, 3.8) is 0 Å². The molecule has 1 aromatic rings. The van der Waals surface area contributed by atoms with Crippen molar-refractivity contribution in [3.05, 3.63) is 18.5 Å². The van der Waals surface area contributed by atoms with Crippen molar-refractivity contribution in [2.75, 3.05) is 19.8 Å². The first-order valence-corrected chi connectivity index (χ1v) is 8.58. The number of nitrogens with zero attached hydrogens (tertiary/aromatic N) is 3. The van der Waals surface area contributed by atoms with E-state index in [-0.39, 0.29) is 24.0 Å². The standard InChI is InChI=1S/C14H25N5S.HI/c1-15-14(18-12-5-6-13(11-12)20-2)16-7-3-9-19-10-4-8-17-19;/h4,8,10,12-13H,3,5-7,9,11H2,1-2H3,(H2,15,16,18);1H. The Morgan fingerprint density at radius 3 is 2.95 bits per heavy atom. The van der Waals surface area contributed by atoms with Gasteiger partial charge in [0, 0.05) is 43.8 Å². The van der Waals surface area contributed by atoms with Gasteiger partial charge in [-0.1, -0.05) is 0 Å². The van der Waals surface area contributed by atoms with Crippen LogP contribution in [0.5, 0.6) is 0 Å². The summed E-state index contributed by atoms with van der Waals surface area (Å²) in [7, 11) is 1.84. The van der Waals surface area contributed by atoms with Gasteiger partial charge in [0.1, 0.15) is 0 Å². The number of thioether (sulfide) groups is 1. The molecule has 0 spiro atoms. The molecule has 5 nitrogen and oxygen atoms in total. The normalized spacial score (nSPS) is 21.9. The summed E-state index contributed by atoms with van der Waals surface area (Å²) in [5.74, 6) is 0.928. The first-order valence-electron chi connectivity index (χ1n) is 7.29. The van der Waals surface area contributed by atoms with Gasteiger partial charge in [-0.25, -0.2) is 0 Å². The second-order valence-corrected chi connectivity index (χ2v) is 6.27. The van der Waals surface area contributed by atoms with E-state index in [1.165, 1.54) is 19.3 Å². The Kier molecular flexibility index (Phi) is 9.14. The maximum Gasteiger partial charge on any atom is 0.191 e. The molecule has 7 heteroatoms. The number of guanidine groups is 1. The van der Waals surface area contributed by atoms with Crippen molar-refractivity contribution in [1.82, 2.24) is 20.4 Å². The van der Waals surface area contributed by atoms with E-state index in [0.717, 1.165) is 30.7 Å². The molecule has 1 aliphatic carbocycles. The van der Waals surface area contributed by atoms with Crippen molar-refractivity contribution in [1.29, 1.82) is 0 Å². The molecule has 0 radical (unpaired) electrons. The SMILES string of the molecule is CN=C(NCCCn1cccn1)NC1CCC(SC)C1.I. The largest absolute Gasteiger partial charge is 0.356 e. The van der Waals surface area contributed by atoms with Crippen molar-refractivity contribution < 1.29 is 0 Å². The molecule has 2 atom stereocenters. The molecule has 0 bridgehead atoms. The predicted octanol–water partition coefficient (Wildman–Crippen LogP) is 2.34. The third kappa shape index (κ3) is 6.46. The van der Waals surface area contributed by atoms with Crippen LogP contribution in [0.15, 0.2) is 23.5 Å². The lowest BCUT2D eigenvalue weighted by atomic mass is 10.2. The van der Waals surface area contributed by atoms with Crippen LogP contribution < -0.4 is 10.6 Å². The van der Waals surface area contributed by atoms with Crippen LogP contribution in [0.2, 0.25) is 0 Å². The van der Waals surface area contributed by atoms with Gasteiger partial charge in [-0.05, 0) is 38.0 Å². The van der Waals surface area contributed by atoms with Gasteiger partial charge >= 0.3 is 0 Å². The maximum atomic E-state index is 4.30. The Labute approximate surface area is 148 Å². The summed E-state index contributed by atoms with van der Waals surface area (Å²) >= 11 is 1.98. The lowest BCUT2D eigenvalue weighted by Crippen LogP contribution is -2.43. The molecule has 0 aromatic carbocycles. The van der Waals surface area contributed by atoms with Crippen LogP contribution in [0.3, 0.4) is 0 Å². The number of nitrogens with one attached hydrogen (secondary N) is 2. The molecule has 21 heavy (non-hydrogen) atoms. The number of halogens is 1. The van der Waals surface area contributed by atoms with E-state index in [0.29, 0.717) is 6.04 Å². The summed E-state index contributed by atoms with van der Waals surface area (Å²) < 4.78 is 1.96. The Morgan fingerprint density at radius 2 is 2.33 bits per heavy atom. The molecule has 2 N–H and O–H groups in total. The van der Waals surface area contributed by atoms with Crippen molar-refractivity contribution >= 4 is 41.7 Å². The smallest absolute Gasteiger partial charge is 0.191 e. The second kappa shape index (κ2) is 10.3. The molecule has 1 aromatic heterocycles. The van der Waals surface area contributed by atoms with E-state index >= 15 is 0 Å². The minimum atomic E-state index is 0. The first-order chi connectivity index (χ1) is 9.81. The first kappa shape index (κ1) is 18.6. The summed E-state index contributed by atoms with van der Waals surface area (Å²) in [6.45, 7) is 1.85. The van der Waals surface area contributed by atoms with E-state index in [9.17, 15) is 0 Å². The molecule has 0 saturated heterocycles. The topological polar surface area (TPSA) is 54.2 Å². The van der Waals surface area contributed by atoms with Crippen LogP contribution in [-0.2, 0) is 6.54 Å². The zero-order valence-corrected chi connectivity index (χ0v) is 15.9. The van der Waals surface area contributed by atoms with Crippen molar-refractivity contribution in [2.45, 2.75) is 43.5 Å². The number of aliphatic imine (C=N–C) groups is 1. The van der Waals surface area contributed by atoms with Gasteiger partial charge in [0.15, 0.2) is 5.96 Å². The predicted molar refractivity (Wildman–Crippen MR) is 102 cm³/mol. The highest BCUT2D eigenvalue weighted by molar-refractivity contribution is 14.0. The van der Waals surface area contributed by atoms with Crippen LogP contribution in [0.25, 0.3) is 0 Å². The number of hydrogen-bond donors (Lipinski definition) is 2. The third-order valence-electron chi connectivity index (χ3n) is 3.70. The monoisotopic (exact) mass is 423 g/mol. The highest BCUT2D eigenvalue weighted by Gasteiger charge is 2.24. The second-order valence-electron chi connectivity index (χ2n) is 5.13. The average molecular weight is 423 g/mol. The molecule has 1 fully saturated rings. The van der Waals surface area contributed by atoms with Gasteiger partial charge in [-0.15, -0.1) is 24.0 Å². The number of rotatable bonds is 6. The van der Waals surface area contributed by atoms with E-state index in [1.807, 2.05) is 42.0 Å². The van der Waals surface area contributed by atoms with E-state index in [2.05, 4.69) is 27.0 Å². The lowest BCUT2D eigenvalue weighted by molar-refractivity contribution is 0.562. The van der Waals surface area contributed by atoms with Gasteiger partial charge in [0.05, 0.1) is 0 Å². The van der Waals surface area contributed by atoms with Crippen LogP contribution in [0.4, 0.5) is 0 Å². The Bertz CT molecular complexity index is 410. The highest BCUT2D eigenvalue weighted by Crippen LogP contribution is 2.27. The Hall–Kier alpha value is -0.440. The van der Waals surface area contributed by atoms with E-state index < -0.39 is 0 Å². The molecule has 0 aliphatic heterocycles. The fourth-order valence-corrected chi connectivity index (χ4v) is 3.35. The molecule has 1 saturated carbocycles. The number of aromatic nitrogens is 2. The number of hydrogen-bond acceptors (Lipinski definition) is 3. The van der Waals surface area contributed by atoms with Crippen LogP contribution >= 0.6 is 35.7 Å². The summed E-state index contributed by atoms with van der Waals surface area (Å²) in [5.41, 5.74) is 0. The quantitative estimate of drug-likeness (QED) is 0.319. The van der Waals surface area contributed by atoms with Gasteiger partial charge in [-0.2, -0.15) is 16.9 Å². The number of aryl methyl sites for hydroxylation is 1. The van der Waals surface area contributed by atoms with Gasteiger partial charge < -0.3 is 10.6 Å². The minimum absolute atomic E-state index is 0. The van der Waals surface area contributed by atoms with Crippen LogP contribution in [-0.4, -0.2) is 46.9 Å². The van der Waals surface area contributed by atoms with Gasteiger partial charge in [0.2, 0.25) is 0 Å². The lowest BCUT2D eigenvalue weighted by Gasteiger charge is -2.17. The maximum absolute atomic E-state index is 4.30. The van der Waals surface area contributed by atoms with E-state index in [4.69, 9.17) is 0 Å². The molecule has 1 heterocycles.